The number of aliphatic hydroxyl groups excluding tert-OH is 1. The number of aromatic nitrogens is 1. The number of nitrogens with zero attached hydrogens (tertiary/aromatic N) is 2. The number of guanidine groups is 1. The van der Waals surface area contributed by atoms with Crippen molar-refractivity contribution in [2.24, 2.45) is 10.9 Å². The number of aliphatic hydroxyl groups is 1. The first kappa shape index (κ1) is 22.5. The van der Waals surface area contributed by atoms with Crippen molar-refractivity contribution in [3.63, 3.8) is 0 Å². The molecule has 1 aliphatic carbocycles. The molecule has 0 bridgehead atoms. The van der Waals surface area contributed by atoms with E-state index in [4.69, 9.17) is 4.74 Å². The van der Waals surface area contributed by atoms with Gasteiger partial charge in [-0.15, -0.1) is 0 Å². The van der Waals surface area contributed by atoms with Crippen LogP contribution < -0.4 is 15.4 Å². The van der Waals surface area contributed by atoms with Gasteiger partial charge in [-0.25, -0.2) is 9.98 Å². The van der Waals surface area contributed by atoms with Gasteiger partial charge >= 0.3 is 0 Å². The monoisotopic (exact) mass is 390 g/mol. The number of pyridine rings is 1. The topological polar surface area (TPSA) is 78.8 Å². The molecule has 1 unspecified atom stereocenters. The van der Waals surface area contributed by atoms with Crippen LogP contribution in [0.25, 0.3) is 0 Å². The highest BCUT2D eigenvalue weighted by Gasteiger charge is 2.15. The summed E-state index contributed by atoms with van der Waals surface area (Å²) in [5.41, 5.74) is 1.06. The van der Waals surface area contributed by atoms with Gasteiger partial charge in [0, 0.05) is 32.0 Å². The summed E-state index contributed by atoms with van der Waals surface area (Å²) in [6, 6.07) is 4.00. The number of ether oxygens (including phenoxy) is 1. The van der Waals surface area contributed by atoms with E-state index < -0.39 is 0 Å². The third-order valence-electron chi connectivity index (χ3n) is 5.19. The van der Waals surface area contributed by atoms with Crippen molar-refractivity contribution >= 4 is 5.96 Å². The van der Waals surface area contributed by atoms with Gasteiger partial charge in [-0.3, -0.25) is 0 Å². The molecule has 3 N–H and O–H groups in total. The lowest BCUT2D eigenvalue weighted by atomic mass is 9.98. The van der Waals surface area contributed by atoms with Crippen LogP contribution >= 0.6 is 0 Å². The summed E-state index contributed by atoms with van der Waals surface area (Å²) in [6.45, 7) is 6.69. The van der Waals surface area contributed by atoms with Gasteiger partial charge < -0.3 is 20.5 Å². The van der Waals surface area contributed by atoms with Crippen molar-refractivity contribution in [1.29, 1.82) is 0 Å². The maximum atomic E-state index is 9.22. The molecule has 1 heterocycles. The van der Waals surface area contributed by atoms with E-state index in [2.05, 4.69) is 34.5 Å². The first-order valence-corrected chi connectivity index (χ1v) is 11.0. The number of nitrogens with one attached hydrogen (secondary N) is 2. The highest BCUT2D eigenvalue weighted by Crippen LogP contribution is 2.22. The lowest BCUT2D eigenvalue weighted by Crippen LogP contribution is -2.40. The van der Waals surface area contributed by atoms with Crippen LogP contribution in [-0.4, -0.2) is 41.9 Å². The van der Waals surface area contributed by atoms with Crippen molar-refractivity contribution < 1.29 is 9.84 Å². The summed E-state index contributed by atoms with van der Waals surface area (Å²) >= 11 is 0. The molecule has 2 rings (SSSR count). The second-order valence-corrected chi connectivity index (χ2v) is 7.63. The van der Waals surface area contributed by atoms with E-state index in [0.717, 1.165) is 62.6 Å². The van der Waals surface area contributed by atoms with Crippen LogP contribution in [0.15, 0.2) is 23.3 Å². The van der Waals surface area contributed by atoms with Crippen molar-refractivity contribution in [3.05, 3.63) is 23.9 Å². The van der Waals surface area contributed by atoms with Gasteiger partial charge in [0.05, 0.1) is 6.54 Å². The molecule has 1 aromatic heterocycles. The van der Waals surface area contributed by atoms with Crippen LogP contribution in [0.3, 0.4) is 0 Å². The molecule has 6 heteroatoms. The second-order valence-electron chi connectivity index (χ2n) is 7.63. The average molecular weight is 391 g/mol. The van der Waals surface area contributed by atoms with E-state index in [1.54, 1.807) is 0 Å². The van der Waals surface area contributed by atoms with E-state index in [0.29, 0.717) is 18.6 Å². The Balaban J connectivity index is 1.85. The minimum atomic E-state index is 0.237. The Morgan fingerprint density at radius 2 is 2.04 bits per heavy atom. The van der Waals surface area contributed by atoms with Crippen LogP contribution in [-0.2, 0) is 6.54 Å². The van der Waals surface area contributed by atoms with Crippen LogP contribution in [0, 0.1) is 5.92 Å². The molecule has 0 aliphatic heterocycles. The van der Waals surface area contributed by atoms with Crippen LogP contribution in [0.4, 0.5) is 0 Å². The zero-order chi connectivity index (χ0) is 20.0. The molecule has 1 saturated carbocycles. The molecule has 6 nitrogen and oxygen atoms in total. The first-order chi connectivity index (χ1) is 13.7. The summed E-state index contributed by atoms with van der Waals surface area (Å²) in [5.74, 6) is 2.00. The standard InChI is InChI=1S/C22H38N4O2/c1-3-8-18(13-14-27)15-25-22(23-4-2)26-17-19-11-12-21(24-16-19)28-20-9-6-5-7-10-20/h11-12,16,18,20,27H,3-10,13-15,17H2,1-2H3,(H2,23,25,26). The lowest BCUT2D eigenvalue weighted by Gasteiger charge is -2.22. The lowest BCUT2D eigenvalue weighted by molar-refractivity contribution is 0.148. The maximum absolute atomic E-state index is 9.22. The predicted octanol–water partition coefficient (Wildman–Crippen LogP) is 3.65. The first-order valence-electron chi connectivity index (χ1n) is 11.0. The molecule has 0 radical (unpaired) electrons. The van der Waals surface area contributed by atoms with Gasteiger partial charge in [-0.1, -0.05) is 25.8 Å². The van der Waals surface area contributed by atoms with Gasteiger partial charge in [0.25, 0.3) is 0 Å². The summed E-state index contributed by atoms with van der Waals surface area (Å²) in [5, 5.41) is 15.9. The number of rotatable bonds is 11. The number of aliphatic imine (C=N–C) groups is 1. The maximum Gasteiger partial charge on any atom is 0.213 e. The van der Waals surface area contributed by atoms with Gasteiger partial charge in [-0.2, -0.15) is 0 Å². The molecule has 158 valence electrons. The molecular weight excluding hydrogens is 352 g/mol. The molecule has 1 fully saturated rings. The Morgan fingerprint density at radius 1 is 1.21 bits per heavy atom. The fourth-order valence-corrected chi connectivity index (χ4v) is 3.62. The minimum absolute atomic E-state index is 0.237. The Labute approximate surface area is 170 Å². The number of hydrogen-bond acceptors (Lipinski definition) is 4. The van der Waals surface area contributed by atoms with Gasteiger partial charge in [-0.05, 0) is 56.9 Å². The van der Waals surface area contributed by atoms with Crippen molar-refractivity contribution in [2.75, 3.05) is 19.7 Å². The summed E-state index contributed by atoms with van der Waals surface area (Å²) in [4.78, 5) is 9.13. The van der Waals surface area contributed by atoms with Crippen molar-refractivity contribution in [1.82, 2.24) is 15.6 Å². The molecule has 1 aromatic rings. The Kier molecular flexibility index (Phi) is 10.7. The zero-order valence-electron chi connectivity index (χ0n) is 17.6. The quantitative estimate of drug-likeness (QED) is 0.397. The Hall–Kier alpha value is -1.82. The molecule has 0 amide bonds. The Bertz CT molecular complexity index is 550. The Morgan fingerprint density at radius 3 is 2.68 bits per heavy atom. The SMILES string of the molecule is CCCC(CCO)CNC(=NCc1ccc(OC2CCCCC2)nc1)NCC. The average Bonchev–Trinajstić information content (AvgIpc) is 2.72. The van der Waals surface area contributed by atoms with Gasteiger partial charge in [0.1, 0.15) is 6.10 Å². The van der Waals surface area contributed by atoms with Crippen LogP contribution in [0.1, 0.15) is 70.8 Å². The molecule has 0 spiro atoms. The van der Waals surface area contributed by atoms with Gasteiger partial charge in [0.15, 0.2) is 5.96 Å². The van der Waals surface area contributed by atoms with E-state index in [-0.39, 0.29) is 6.61 Å². The predicted molar refractivity (Wildman–Crippen MR) is 115 cm³/mol. The van der Waals surface area contributed by atoms with Crippen molar-refractivity contribution in [2.45, 2.75) is 77.9 Å². The third-order valence-corrected chi connectivity index (χ3v) is 5.19. The summed E-state index contributed by atoms with van der Waals surface area (Å²) in [6.07, 6.45) is 11.4. The van der Waals surface area contributed by atoms with E-state index >= 15 is 0 Å². The zero-order valence-corrected chi connectivity index (χ0v) is 17.6. The van der Waals surface area contributed by atoms with E-state index in [9.17, 15) is 5.11 Å². The second kappa shape index (κ2) is 13.4. The normalized spacial score (nSPS) is 16.6. The molecule has 1 atom stereocenters. The van der Waals surface area contributed by atoms with E-state index in [1.807, 2.05) is 18.3 Å². The molecule has 0 aromatic carbocycles. The molecular formula is C22H38N4O2. The molecule has 28 heavy (non-hydrogen) atoms. The van der Waals surface area contributed by atoms with E-state index in [1.165, 1.54) is 19.3 Å². The highest BCUT2D eigenvalue weighted by atomic mass is 16.5. The van der Waals surface area contributed by atoms with Crippen LogP contribution in [0.5, 0.6) is 5.88 Å². The third kappa shape index (κ3) is 8.46. The molecule has 0 saturated heterocycles. The van der Waals surface area contributed by atoms with Crippen LogP contribution in [0.2, 0.25) is 0 Å². The smallest absolute Gasteiger partial charge is 0.213 e. The fraction of sp³-hybridized carbons (Fsp3) is 0.727. The summed E-state index contributed by atoms with van der Waals surface area (Å²) < 4.78 is 5.99. The number of hydrogen-bond donors (Lipinski definition) is 3. The molecule has 1 aliphatic rings. The largest absolute Gasteiger partial charge is 0.474 e. The summed E-state index contributed by atoms with van der Waals surface area (Å²) in [7, 11) is 0. The van der Waals surface area contributed by atoms with Crippen molar-refractivity contribution in [3.8, 4) is 5.88 Å². The fourth-order valence-electron chi connectivity index (χ4n) is 3.62. The minimum Gasteiger partial charge on any atom is -0.474 e. The van der Waals surface area contributed by atoms with Gasteiger partial charge in [0.2, 0.25) is 5.88 Å². The highest BCUT2D eigenvalue weighted by molar-refractivity contribution is 5.79.